The fourth-order valence-electron chi connectivity index (χ4n) is 2.27. The Balaban J connectivity index is 2.43. The molecule has 0 saturated heterocycles. The third kappa shape index (κ3) is 2.53. The Kier molecular flexibility index (Phi) is 3.66. The van der Waals surface area contributed by atoms with Crippen LogP contribution in [0.25, 0.3) is 16.6 Å². The molecule has 3 nitrogen and oxygen atoms in total. The van der Waals surface area contributed by atoms with Crippen LogP contribution >= 0.6 is 34.8 Å². The summed E-state index contributed by atoms with van der Waals surface area (Å²) < 4.78 is 15.9. The molecule has 1 aromatic heterocycles. The molecule has 2 aromatic carbocycles. The van der Waals surface area contributed by atoms with Crippen molar-refractivity contribution in [1.82, 2.24) is 9.55 Å². The Labute approximate surface area is 138 Å². The Morgan fingerprint density at radius 3 is 2.71 bits per heavy atom. The van der Waals surface area contributed by atoms with Crippen molar-refractivity contribution in [2.75, 3.05) is 0 Å². The molecule has 0 aliphatic carbocycles. The lowest BCUT2D eigenvalue weighted by molar-refractivity contribution is 0.626. The van der Waals surface area contributed by atoms with Gasteiger partial charge in [-0.3, -0.25) is 9.36 Å². The van der Waals surface area contributed by atoms with E-state index in [0.29, 0.717) is 26.9 Å². The van der Waals surface area contributed by atoms with Crippen molar-refractivity contribution in [3.05, 3.63) is 66.5 Å². The van der Waals surface area contributed by atoms with Crippen molar-refractivity contribution < 1.29 is 4.39 Å². The van der Waals surface area contributed by atoms with Gasteiger partial charge in [-0.1, -0.05) is 0 Å². The number of aromatic nitrogens is 2. The number of benzene rings is 2. The van der Waals surface area contributed by atoms with Crippen LogP contribution in [0.5, 0.6) is 0 Å². The number of rotatable bonds is 1. The number of aromatic amines is 1. The van der Waals surface area contributed by atoms with E-state index in [0.717, 1.165) is 3.57 Å². The van der Waals surface area contributed by atoms with Crippen LogP contribution in [-0.4, -0.2) is 9.55 Å². The predicted octanol–water partition coefficient (Wildman–Crippen LogP) is 4.10. The number of H-pyrrole nitrogens is 1. The van der Waals surface area contributed by atoms with Crippen LogP contribution in [0.4, 0.5) is 4.39 Å². The van der Waals surface area contributed by atoms with Crippen LogP contribution in [0.15, 0.2) is 41.2 Å². The van der Waals surface area contributed by atoms with Crippen molar-refractivity contribution in [3.8, 4) is 5.69 Å². The molecule has 0 bridgehead atoms. The maximum atomic E-state index is 13.2. The smallest absolute Gasteiger partial charge is 0.266 e. The minimum Gasteiger partial charge on any atom is -0.331 e. The molecule has 106 valence electrons. The molecule has 0 fully saturated rings. The van der Waals surface area contributed by atoms with Gasteiger partial charge in [-0.05, 0) is 83.7 Å². The summed E-state index contributed by atoms with van der Waals surface area (Å²) in [6.07, 6.45) is 0. The molecular weight excluding hydrogens is 402 g/mol. The first-order valence-corrected chi connectivity index (χ1v) is 7.67. The zero-order chi connectivity index (χ0) is 15.1. The number of aryl methyl sites for hydroxylation is 1. The van der Waals surface area contributed by atoms with Gasteiger partial charge in [0.05, 0.1) is 16.6 Å². The Morgan fingerprint density at radius 1 is 1.24 bits per heavy atom. The molecule has 0 amide bonds. The summed E-state index contributed by atoms with van der Waals surface area (Å²) in [5.74, 6) is -0.338. The monoisotopic (exact) mass is 412 g/mol. The molecule has 0 unspecified atom stereocenters. The van der Waals surface area contributed by atoms with E-state index in [-0.39, 0.29) is 11.4 Å². The maximum Gasteiger partial charge on any atom is 0.266 e. The molecule has 1 heterocycles. The van der Waals surface area contributed by atoms with E-state index < -0.39 is 0 Å². The third-order valence-electron chi connectivity index (χ3n) is 3.26. The molecular formula is C15H10FIN2OS. The van der Waals surface area contributed by atoms with Crippen LogP contribution in [0.3, 0.4) is 0 Å². The average Bonchev–Trinajstić information content (AvgIpc) is 2.42. The quantitative estimate of drug-likeness (QED) is 0.483. The minimum absolute atomic E-state index is 0.207. The van der Waals surface area contributed by atoms with Crippen molar-refractivity contribution in [2.45, 2.75) is 6.92 Å². The SMILES string of the molecule is Cc1cc(F)ccc1-n1c(=S)[nH]c2ccc(I)cc2c1=O. The van der Waals surface area contributed by atoms with Crippen molar-refractivity contribution >= 4 is 45.7 Å². The van der Waals surface area contributed by atoms with E-state index in [1.165, 1.54) is 16.7 Å². The second-order valence-electron chi connectivity index (χ2n) is 4.69. The van der Waals surface area contributed by atoms with Gasteiger partial charge in [0.15, 0.2) is 4.77 Å². The third-order valence-corrected chi connectivity index (χ3v) is 4.22. The molecule has 1 N–H and O–H groups in total. The number of hydrogen-bond acceptors (Lipinski definition) is 2. The molecule has 21 heavy (non-hydrogen) atoms. The van der Waals surface area contributed by atoms with E-state index in [4.69, 9.17) is 12.2 Å². The summed E-state index contributed by atoms with van der Waals surface area (Å²) in [7, 11) is 0. The molecule has 6 heteroatoms. The summed E-state index contributed by atoms with van der Waals surface area (Å²) in [5.41, 5.74) is 1.73. The largest absolute Gasteiger partial charge is 0.331 e. The van der Waals surface area contributed by atoms with Crippen molar-refractivity contribution in [1.29, 1.82) is 0 Å². The van der Waals surface area contributed by atoms with Crippen LogP contribution in [0, 0.1) is 21.1 Å². The van der Waals surface area contributed by atoms with Crippen molar-refractivity contribution in [2.24, 2.45) is 0 Å². The normalized spacial score (nSPS) is 11.0. The fraction of sp³-hybridized carbons (Fsp3) is 0.0667. The standard InChI is InChI=1S/C15H10FIN2OS/c1-8-6-9(16)2-5-13(8)19-14(20)11-7-10(17)3-4-12(11)18-15(19)21/h2-7H,1H3,(H,18,21). The van der Waals surface area contributed by atoms with Crippen LogP contribution in [0.1, 0.15) is 5.56 Å². The molecule has 0 aliphatic rings. The average molecular weight is 412 g/mol. The first-order valence-electron chi connectivity index (χ1n) is 6.18. The van der Waals surface area contributed by atoms with Crippen LogP contribution < -0.4 is 5.56 Å². The number of hydrogen-bond donors (Lipinski definition) is 1. The molecule has 3 rings (SSSR count). The first-order chi connectivity index (χ1) is 9.97. The Bertz CT molecular complexity index is 978. The van der Waals surface area contributed by atoms with Gasteiger partial charge in [0.1, 0.15) is 5.82 Å². The molecule has 3 aromatic rings. The number of nitrogens with one attached hydrogen (secondary N) is 1. The first kappa shape index (κ1) is 14.4. The molecule has 0 spiro atoms. The van der Waals surface area contributed by atoms with E-state index in [9.17, 15) is 9.18 Å². The highest BCUT2D eigenvalue weighted by molar-refractivity contribution is 14.1. The number of halogens is 2. The van der Waals surface area contributed by atoms with Crippen molar-refractivity contribution in [3.63, 3.8) is 0 Å². The molecule has 0 radical (unpaired) electrons. The van der Waals surface area contributed by atoms with Gasteiger partial charge < -0.3 is 4.98 Å². The maximum absolute atomic E-state index is 13.2. The summed E-state index contributed by atoms with van der Waals surface area (Å²) in [4.78, 5) is 15.8. The zero-order valence-corrected chi connectivity index (χ0v) is 14.0. The second-order valence-corrected chi connectivity index (χ2v) is 6.32. The summed E-state index contributed by atoms with van der Waals surface area (Å²) in [6, 6.07) is 9.81. The van der Waals surface area contributed by atoms with E-state index in [1.807, 2.05) is 12.1 Å². The second kappa shape index (κ2) is 5.34. The highest BCUT2D eigenvalue weighted by Crippen LogP contribution is 2.17. The van der Waals surface area contributed by atoms with Gasteiger partial charge in [0, 0.05) is 3.57 Å². The molecule has 0 atom stereocenters. The van der Waals surface area contributed by atoms with Gasteiger partial charge in [0.25, 0.3) is 5.56 Å². The van der Waals surface area contributed by atoms with Gasteiger partial charge in [-0.25, -0.2) is 4.39 Å². The minimum atomic E-state index is -0.338. The summed E-state index contributed by atoms with van der Waals surface area (Å²) in [5, 5.41) is 0.555. The van der Waals surface area contributed by atoms with Gasteiger partial charge in [-0.15, -0.1) is 0 Å². The van der Waals surface area contributed by atoms with Crippen LogP contribution in [-0.2, 0) is 0 Å². The highest BCUT2D eigenvalue weighted by Gasteiger charge is 2.10. The summed E-state index contributed by atoms with van der Waals surface area (Å²) in [6.45, 7) is 1.75. The highest BCUT2D eigenvalue weighted by atomic mass is 127. The Hall–Kier alpha value is -1.54. The lowest BCUT2D eigenvalue weighted by Crippen LogP contribution is -2.21. The van der Waals surface area contributed by atoms with Gasteiger partial charge >= 0.3 is 0 Å². The van der Waals surface area contributed by atoms with E-state index in [1.54, 1.807) is 19.1 Å². The van der Waals surface area contributed by atoms with Gasteiger partial charge in [0.2, 0.25) is 0 Å². The molecule has 0 saturated carbocycles. The summed E-state index contributed by atoms with van der Waals surface area (Å²) >= 11 is 7.44. The fourth-order valence-corrected chi connectivity index (χ4v) is 3.06. The predicted molar refractivity (Wildman–Crippen MR) is 92.1 cm³/mol. The van der Waals surface area contributed by atoms with E-state index >= 15 is 0 Å². The lowest BCUT2D eigenvalue weighted by atomic mass is 10.2. The molecule has 0 aliphatic heterocycles. The van der Waals surface area contributed by atoms with Crippen LogP contribution in [0.2, 0.25) is 0 Å². The zero-order valence-electron chi connectivity index (χ0n) is 11.0. The topological polar surface area (TPSA) is 37.8 Å². The van der Waals surface area contributed by atoms with E-state index in [2.05, 4.69) is 27.6 Å². The van der Waals surface area contributed by atoms with Gasteiger partial charge in [-0.2, -0.15) is 0 Å². The Morgan fingerprint density at radius 2 is 2.00 bits per heavy atom. The number of nitrogens with zero attached hydrogens (tertiary/aromatic N) is 1. The lowest BCUT2D eigenvalue weighted by Gasteiger charge is -2.11. The number of fused-ring (bicyclic) bond motifs is 1.